The molecule has 0 bridgehead atoms. The molecule has 0 spiro atoms. The molecule has 0 aromatic carbocycles. The smallest absolute Gasteiger partial charge is 0.279 e. The predicted molar refractivity (Wildman–Crippen MR) is 86.3 cm³/mol. The Kier molecular flexibility index (Phi) is 6.92. The van der Waals surface area contributed by atoms with Crippen molar-refractivity contribution in [3.8, 4) is 0 Å². The zero-order chi connectivity index (χ0) is 15.1. The molecule has 0 atom stereocenters. The molecule has 2 aliphatic rings. The molecular weight excluding hydrogens is 286 g/mol. The number of hydrogen-bond acceptors (Lipinski definition) is 3. The Hall–Kier alpha value is -0.170. The summed E-state index contributed by atoms with van der Waals surface area (Å²) in [6, 6.07) is 0. The van der Waals surface area contributed by atoms with Gasteiger partial charge in [0.2, 0.25) is 0 Å². The van der Waals surface area contributed by atoms with Gasteiger partial charge >= 0.3 is 0 Å². The van der Waals surface area contributed by atoms with Crippen LogP contribution in [0.3, 0.4) is 0 Å². The number of nitrogens with zero attached hydrogens (tertiary/aromatic N) is 1. The van der Waals surface area contributed by atoms with Gasteiger partial charge in [-0.2, -0.15) is 12.7 Å². The van der Waals surface area contributed by atoms with E-state index < -0.39 is 10.2 Å². The van der Waals surface area contributed by atoms with Gasteiger partial charge in [0.05, 0.1) is 0 Å². The average Bonchev–Trinajstić information content (AvgIpc) is 3.00. The fourth-order valence-corrected chi connectivity index (χ4v) is 4.69. The molecule has 2 rings (SSSR count). The van der Waals surface area contributed by atoms with E-state index in [9.17, 15) is 8.42 Å². The lowest BCUT2D eigenvalue weighted by Crippen LogP contribution is -2.47. The predicted octanol–water partition coefficient (Wildman–Crippen LogP) is 1.72. The summed E-state index contributed by atoms with van der Waals surface area (Å²) in [5.74, 6) is 1.17. The van der Waals surface area contributed by atoms with E-state index in [1.54, 1.807) is 4.31 Å². The molecule has 6 heteroatoms. The van der Waals surface area contributed by atoms with E-state index in [1.165, 1.54) is 25.7 Å². The van der Waals surface area contributed by atoms with Gasteiger partial charge in [-0.1, -0.05) is 19.8 Å². The van der Waals surface area contributed by atoms with Crippen LogP contribution in [0.1, 0.15) is 51.9 Å². The molecule has 0 radical (unpaired) electrons. The van der Waals surface area contributed by atoms with Crippen molar-refractivity contribution in [3.05, 3.63) is 0 Å². The minimum Gasteiger partial charge on any atom is -0.316 e. The van der Waals surface area contributed by atoms with Crippen molar-refractivity contribution in [2.75, 3.05) is 32.7 Å². The Morgan fingerprint density at radius 2 is 1.62 bits per heavy atom. The van der Waals surface area contributed by atoms with Gasteiger partial charge in [0, 0.05) is 19.6 Å². The molecule has 0 amide bonds. The van der Waals surface area contributed by atoms with Gasteiger partial charge in [0.15, 0.2) is 0 Å². The number of rotatable bonds is 8. The van der Waals surface area contributed by atoms with Crippen molar-refractivity contribution in [1.82, 2.24) is 14.3 Å². The third-order valence-corrected chi connectivity index (χ3v) is 6.38. The molecule has 1 saturated heterocycles. The number of nitrogens with one attached hydrogen (secondary N) is 2. The van der Waals surface area contributed by atoms with Crippen molar-refractivity contribution < 1.29 is 8.42 Å². The van der Waals surface area contributed by atoms with E-state index in [0.29, 0.717) is 31.5 Å². The highest BCUT2D eigenvalue weighted by Gasteiger charge is 2.28. The van der Waals surface area contributed by atoms with Crippen LogP contribution in [0.2, 0.25) is 0 Å². The fraction of sp³-hybridized carbons (Fsp3) is 1.00. The Labute approximate surface area is 130 Å². The molecular formula is C15H31N3O2S. The summed E-state index contributed by atoms with van der Waals surface area (Å²) in [6.07, 6.45) is 7.95. The summed E-state index contributed by atoms with van der Waals surface area (Å²) < 4.78 is 29.1. The maximum absolute atomic E-state index is 12.3. The molecule has 124 valence electrons. The molecule has 0 aromatic rings. The van der Waals surface area contributed by atoms with Crippen LogP contribution in [0.4, 0.5) is 0 Å². The summed E-state index contributed by atoms with van der Waals surface area (Å²) in [6.45, 7) is 6.20. The number of hydrogen-bond donors (Lipinski definition) is 2. The van der Waals surface area contributed by atoms with Crippen molar-refractivity contribution in [2.45, 2.75) is 51.9 Å². The van der Waals surface area contributed by atoms with Gasteiger partial charge < -0.3 is 5.32 Å². The monoisotopic (exact) mass is 317 g/mol. The standard InChI is InChI=1S/C15H31N3O2S/c1-2-9-16-12-15-7-10-18(11-8-15)21(19,20)17-13-14-5-3-4-6-14/h14-17H,2-13H2,1H3. The van der Waals surface area contributed by atoms with Crippen LogP contribution in [0.5, 0.6) is 0 Å². The minimum atomic E-state index is -3.26. The minimum absolute atomic E-state index is 0.551. The summed E-state index contributed by atoms with van der Waals surface area (Å²) in [5.41, 5.74) is 0. The third kappa shape index (κ3) is 5.51. The molecule has 0 unspecified atom stereocenters. The first-order valence-electron chi connectivity index (χ1n) is 8.57. The third-order valence-electron chi connectivity index (χ3n) is 4.80. The van der Waals surface area contributed by atoms with E-state index in [2.05, 4.69) is 17.0 Å². The normalized spacial score (nSPS) is 22.9. The van der Waals surface area contributed by atoms with Gasteiger partial charge in [0.1, 0.15) is 0 Å². The molecule has 1 aliphatic heterocycles. The highest BCUT2D eigenvalue weighted by molar-refractivity contribution is 7.87. The maximum atomic E-state index is 12.3. The summed E-state index contributed by atoms with van der Waals surface area (Å²) in [7, 11) is -3.26. The Bertz CT molecular complexity index is 386. The fourth-order valence-electron chi connectivity index (χ4n) is 3.37. The Morgan fingerprint density at radius 1 is 1.00 bits per heavy atom. The van der Waals surface area contributed by atoms with Gasteiger partial charge in [-0.3, -0.25) is 0 Å². The van der Waals surface area contributed by atoms with Crippen LogP contribution < -0.4 is 10.0 Å². The SMILES string of the molecule is CCCNCC1CCN(S(=O)(=O)NCC2CCCC2)CC1. The average molecular weight is 317 g/mol. The molecule has 2 N–H and O–H groups in total. The van der Waals surface area contributed by atoms with Crippen LogP contribution in [0.25, 0.3) is 0 Å². The molecule has 2 fully saturated rings. The second-order valence-corrected chi connectivity index (χ2v) is 8.31. The lowest BCUT2D eigenvalue weighted by molar-refractivity contribution is 0.264. The van der Waals surface area contributed by atoms with Gasteiger partial charge in [-0.15, -0.1) is 0 Å². The second-order valence-electron chi connectivity index (χ2n) is 6.55. The van der Waals surface area contributed by atoms with Crippen molar-refractivity contribution >= 4 is 10.2 Å². The van der Waals surface area contributed by atoms with Crippen molar-refractivity contribution in [3.63, 3.8) is 0 Å². The lowest BCUT2D eigenvalue weighted by atomic mass is 9.98. The second kappa shape index (κ2) is 8.46. The maximum Gasteiger partial charge on any atom is 0.279 e. The highest BCUT2D eigenvalue weighted by atomic mass is 32.2. The first-order chi connectivity index (χ1) is 10.1. The summed E-state index contributed by atoms with van der Waals surface area (Å²) in [5, 5.41) is 3.44. The molecule has 5 nitrogen and oxygen atoms in total. The van der Waals surface area contributed by atoms with E-state index in [4.69, 9.17) is 0 Å². The van der Waals surface area contributed by atoms with Gasteiger partial charge in [-0.05, 0) is 57.0 Å². The Balaban J connectivity index is 1.69. The van der Waals surface area contributed by atoms with Crippen molar-refractivity contribution in [1.29, 1.82) is 0 Å². The van der Waals surface area contributed by atoms with Crippen LogP contribution in [-0.2, 0) is 10.2 Å². The number of piperidine rings is 1. The van der Waals surface area contributed by atoms with Crippen molar-refractivity contribution in [2.24, 2.45) is 11.8 Å². The van der Waals surface area contributed by atoms with E-state index in [1.807, 2.05) is 0 Å². The molecule has 21 heavy (non-hydrogen) atoms. The molecule has 1 heterocycles. The van der Waals surface area contributed by atoms with Gasteiger partial charge in [-0.25, -0.2) is 4.72 Å². The zero-order valence-electron chi connectivity index (χ0n) is 13.3. The molecule has 1 aliphatic carbocycles. The quantitative estimate of drug-likeness (QED) is 0.670. The van der Waals surface area contributed by atoms with E-state index >= 15 is 0 Å². The van der Waals surface area contributed by atoms with E-state index in [-0.39, 0.29) is 0 Å². The zero-order valence-corrected chi connectivity index (χ0v) is 14.1. The summed E-state index contributed by atoms with van der Waals surface area (Å²) >= 11 is 0. The van der Waals surface area contributed by atoms with Crippen LogP contribution in [-0.4, -0.2) is 45.4 Å². The van der Waals surface area contributed by atoms with Crippen LogP contribution in [0.15, 0.2) is 0 Å². The molecule has 0 aromatic heterocycles. The Morgan fingerprint density at radius 3 is 2.24 bits per heavy atom. The topological polar surface area (TPSA) is 61.4 Å². The highest BCUT2D eigenvalue weighted by Crippen LogP contribution is 2.24. The summed E-state index contributed by atoms with van der Waals surface area (Å²) in [4.78, 5) is 0. The molecule has 1 saturated carbocycles. The first-order valence-corrected chi connectivity index (χ1v) is 10.0. The van der Waals surface area contributed by atoms with Gasteiger partial charge in [0.25, 0.3) is 10.2 Å². The largest absolute Gasteiger partial charge is 0.316 e. The van der Waals surface area contributed by atoms with E-state index in [0.717, 1.165) is 32.4 Å². The first kappa shape index (κ1) is 17.2. The van der Waals surface area contributed by atoms with Crippen LogP contribution >= 0.6 is 0 Å². The van der Waals surface area contributed by atoms with Crippen LogP contribution in [0, 0.1) is 11.8 Å². The lowest BCUT2D eigenvalue weighted by Gasteiger charge is -2.31.